The second-order valence-electron chi connectivity index (χ2n) is 4.89. The van der Waals surface area contributed by atoms with Gasteiger partial charge in [0.05, 0.1) is 11.3 Å². The molecule has 0 fully saturated rings. The van der Waals surface area contributed by atoms with Crippen LogP contribution in [0, 0.1) is 0 Å². The zero-order valence-electron chi connectivity index (χ0n) is 13.2. The van der Waals surface area contributed by atoms with E-state index in [1.165, 1.54) is 12.1 Å². The zero-order chi connectivity index (χ0) is 17.1. The predicted molar refractivity (Wildman–Crippen MR) is 83.3 cm³/mol. The monoisotopic (exact) mass is 332 g/mol. The Kier molecular flexibility index (Phi) is 8.65. The van der Waals surface area contributed by atoms with Crippen molar-refractivity contribution in [2.24, 2.45) is 10.9 Å². The van der Waals surface area contributed by atoms with Crippen molar-refractivity contribution in [1.29, 1.82) is 0 Å². The minimum absolute atomic E-state index is 0.267. The number of unbranched alkanes of at least 4 members (excludes halogenated alkanes) is 1. The molecule has 0 saturated carbocycles. The predicted octanol–water partition coefficient (Wildman–Crippen LogP) is 3.59. The summed E-state index contributed by atoms with van der Waals surface area (Å²) in [6.07, 6.45) is -2.08. The van der Waals surface area contributed by atoms with E-state index in [1.807, 2.05) is 6.92 Å². The maximum Gasteiger partial charge on any atom is 0.416 e. The van der Waals surface area contributed by atoms with E-state index >= 15 is 0 Å². The SMILES string of the molecule is CCOCCCCC(=NOCCN)c1ccc(C(F)(F)F)cc1. The summed E-state index contributed by atoms with van der Waals surface area (Å²) in [5.74, 6) is 0. The second kappa shape index (κ2) is 10.2. The van der Waals surface area contributed by atoms with Crippen molar-refractivity contribution < 1.29 is 22.7 Å². The molecule has 0 aliphatic carbocycles. The summed E-state index contributed by atoms with van der Waals surface area (Å²) >= 11 is 0. The molecule has 7 heteroatoms. The molecule has 0 heterocycles. The van der Waals surface area contributed by atoms with Crippen LogP contribution in [-0.2, 0) is 15.8 Å². The van der Waals surface area contributed by atoms with Crippen molar-refractivity contribution in [3.05, 3.63) is 35.4 Å². The minimum Gasteiger partial charge on any atom is -0.394 e. The van der Waals surface area contributed by atoms with Gasteiger partial charge in [-0.1, -0.05) is 17.3 Å². The van der Waals surface area contributed by atoms with Gasteiger partial charge in [0, 0.05) is 19.8 Å². The number of nitrogens with two attached hydrogens (primary N) is 1. The van der Waals surface area contributed by atoms with Gasteiger partial charge in [0.2, 0.25) is 0 Å². The van der Waals surface area contributed by atoms with Crippen molar-refractivity contribution in [2.75, 3.05) is 26.4 Å². The van der Waals surface area contributed by atoms with Crippen LogP contribution in [0.3, 0.4) is 0 Å². The molecule has 0 amide bonds. The summed E-state index contributed by atoms with van der Waals surface area (Å²) < 4.78 is 43.1. The highest BCUT2D eigenvalue weighted by molar-refractivity contribution is 6.00. The summed E-state index contributed by atoms with van der Waals surface area (Å²) in [4.78, 5) is 5.08. The molecule has 0 saturated heterocycles. The highest BCUT2D eigenvalue weighted by Gasteiger charge is 2.30. The summed E-state index contributed by atoms with van der Waals surface area (Å²) in [7, 11) is 0. The lowest BCUT2D eigenvalue weighted by Gasteiger charge is -2.10. The number of oxime groups is 1. The third-order valence-electron chi connectivity index (χ3n) is 3.09. The Bertz CT molecular complexity index is 473. The molecule has 0 unspecified atom stereocenters. The van der Waals surface area contributed by atoms with Crippen molar-refractivity contribution in [3.8, 4) is 0 Å². The standard InChI is InChI=1S/C16H23F3N2O2/c1-2-22-11-4-3-5-15(21-23-12-10-20)13-6-8-14(9-7-13)16(17,18)19/h6-9H,2-5,10-12,20H2,1H3. The number of rotatable bonds is 10. The second-order valence-corrected chi connectivity index (χ2v) is 4.89. The molecule has 0 bridgehead atoms. The van der Waals surface area contributed by atoms with Crippen molar-refractivity contribution in [3.63, 3.8) is 0 Å². The highest BCUT2D eigenvalue weighted by Crippen LogP contribution is 2.29. The summed E-state index contributed by atoms with van der Waals surface area (Å²) in [6, 6.07) is 4.92. The molecule has 23 heavy (non-hydrogen) atoms. The van der Waals surface area contributed by atoms with Gasteiger partial charge in [0.25, 0.3) is 0 Å². The van der Waals surface area contributed by atoms with Gasteiger partial charge < -0.3 is 15.3 Å². The van der Waals surface area contributed by atoms with Crippen LogP contribution < -0.4 is 5.73 Å². The Labute approximate surface area is 134 Å². The number of ether oxygens (including phenoxy) is 1. The minimum atomic E-state index is -4.34. The average Bonchev–Trinajstić information content (AvgIpc) is 2.52. The summed E-state index contributed by atoms with van der Waals surface area (Å²) in [5, 5.41) is 4.01. The molecular weight excluding hydrogens is 309 g/mol. The fourth-order valence-electron chi connectivity index (χ4n) is 1.91. The van der Waals surface area contributed by atoms with Crippen LogP contribution in [-0.4, -0.2) is 32.1 Å². The lowest BCUT2D eigenvalue weighted by atomic mass is 10.0. The van der Waals surface area contributed by atoms with Gasteiger partial charge >= 0.3 is 6.18 Å². The fraction of sp³-hybridized carbons (Fsp3) is 0.562. The van der Waals surface area contributed by atoms with Gasteiger partial charge in [-0.2, -0.15) is 13.2 Å². The van der Waals surface area contributed by atoms with Crippen LogP contribution in [0.1, 0.15) is 37.3 Å². The summed E-state index contributed by atoms with van der Waals surface area (Å²) in [5.41, 5.74) is 5.89. The lowest BCUT2D eigenvalue weighted by molar-refractivity contribution is -0.137. The molecule has 1 rings (SSSR count). The van der Waals surface area contributed by atoms with Gasteiger partial charge in [-0.3, -0.25) is 0 Å². The van der Waals surface area contributed by atoms with Gasteiger partial charge in [-0.25, -0.2) is 0 Å². The van der Waals surface area contributed by atoms with Gasteiger partial charge in [-0.05, 0) is 43.9 Å². The third kappa shape index (κ3) is 7.47. The number of halogens is 3. The van der Waals surface area contributed by atoms with Crippen LogP contribution in [0.2, 0.25) is 0 Å². The van der Waals surface area contributed by atoms with Gasteiger partial charge in [0.15, 0.2) is 0 Å². The van der Waals surface area contributed by atoms with E-state index in [1.54, 1.807) is 0 Å². The van der Waals surface area contributed by atoms with Crippen LogP contribution in [0.4, 0.5) is 13.2 Å². The van der Waals surface area contributed by atoms with Crippen molar-refractivity contribution >= 4 is 5.71 Å². The number of benzene rings is 1. The van der Waals surface area contributed by atoms with Crippen molar-refractivity contribution in [2.45, 2.75) is 32.4 Å². The molecule has 4 nitrogen and oxygen atoms in total. The van der Waals surface area contributed by atoms with E-state index in [9.17, 15) is 13.2 Å². The Hall–Kier alpha value is -1.60. The Balaban J connectivity index is 2.72. The van der Waals surface area contributed by atoms with Gasteiger partial charge in [-0.15, -0.1) is 0 Å². The van der Waals surface area contributed by atoms with Gasteiger partial charge in [0.1, 0.15) is 6.61 Å². The Morgan fingerprint density at radius 1 is 1.13 bits per heavy atom. The molecule has 0 aromatic heterocycles. The maximum atomic E-state index is 12.6. The molecule has 0 spiro atoms. The average molecular weight is 332 g/mol. The van der Waals surface area contributed by atoms with Crippen LogP contribution in [0.15, 0.2) is 29.4 Å². The molecule has 0 aliphatic heterocycles. The van der Waals surface area contributed by atoms with Crippen LogP contribution in [0.25, 0.3) is 0 Å². The number of hydrogen-bond acceptors (Lipinski definition) is 4. The smallest absolute Gasteiger partial charge is 0.394 e. The first-order valence-electron chi connectivity index (χ1n) is 7.63. The number of nitrogens with zero attached hydrogens (tertiary/aromatic N) is 1. The molecule has 0 atom stereocenters. The lowest BCUT2D eigenvalue weighted by Crippen LogP contribution is -2.10. The number of hydrogen-bond donors (Lipinski definition) is 1. The Morgan fingerprint density at radius 2 is 1.83 bits per heavy atom. The fourth-order valence-corrected chi connectivity index (χ4v) is 1.91. The van der Waals surface area contributed by atoms with E-state index < -0.39 is 11.7 Å². The highest BCUT2D eigenvalue weighted by atomic mass is 19.4. The number of alkyl halides is 3. The largest absolute Gasteiger partial charge is 0.416 e. The summed E-state index contributed by atoms with van der Waals surface area (Å²) in [6.45, 7) is 3.84. The molecular formula is C16H23F3N2O2. The van der Waals surface area contributed by atoms with E-state index in [0.29, 0.717) is 37.5 Å². The molecule has 1 aromatic rings. The first-order valence-corrected chi connectivity index (χ1v) is 7.63. The van der Waals surface area contributed by atoms with Crippen LogP contribution >= 0.6 is 0 Å². The van der Waals surface area contributed by atoms with Crippen LogP contribution in [0.5, 0.6) is 0 Å². The van der Waals surface area contributed by atoms with E-state index in [0.717, 1.165) is 25.0 Å². The van der Waals surface area contributed by atoms with E-state index in [-0.39, 0.29) is 6.61 Å². The topological polar surface area (TPSA) is 56.8 Å². The zero-order valence-corrected chi connectivity index (χ0v) is 13.2. The first kappa shape index (κ1) is 19.4. The third-order valence-corrected chi connectivity index (χ3v) is 3.09. The first-order chi connectivity index (χ1) is 11.0. The van der Waals surface area contributed by atoms with E-state index in [2.05, 4.69) is 5.16 Å². The molecule has 1 aromatic carbocycles. The molecule has 130 valence electrons. The normalized spacial score (nSPS) is 12.5. The van der Waals surface area contributed by atoms with E-state index in [4.69, 9.17) is 15.3 Å². The molecule has 0 radical (unpaired) electrons. The van der Waals surface area contributed by atoms with Crippen molar-refractivity contribution in [1.82, 2.24) is 0 Å². The molecule has 0 aliphatic rings. The Morgan fingerprint density at radius 3 is 2.39 bits per heavy atom. The quantitative estimate of drug-likeness (QED) is 0.405. The maximum absolute atomic E-state index is 12.6. The molecule has 2 N–H and O–H groups in total.